The summed E-state index contributed by atoms with van der Waals surface area (Å²) in [5.41, 5.74) is 1.13. The number of rotatable bonds is 5. The third-order valence-corrected chi connectivity index (χ3v) is 4.64. The minimum Gasteiger partial charge on any atom is -0.357 e. The summed E-state index contributed by atoms with van der Waals surface area (Å²) >= 11 is 0. The molecule has 0 atom stereocenters. The van der Waals surface area contributed by atoms with Crippen molar-refractivity contribution in [1.29, 1.82) is 0 Å². The van der Waals surface area contributed by atoms with Crippen molar-refractivity contribution < 1.29 is 0 Å². The van der Waals surface area contributed by atoms with Crippen LogP contribution in [0.1, 0.15) is 37.1 Å². The zero-order valence-corrected chi connectivity index (χ0v) is 18.4. The molecule has 0 unspecified atom stereocenters. The molecule has 0 amide bonds. The van der Waals surface area contributed by atoms with Crippen LogP contribution in [0.5, 0.6) is 0 Å². The Morgan fingerprint density at radius 3 is 2.41 bits per heavy atom. The van der Waals surface area contributed by atoms with E-state index in [1.807, 2.05) is 13.2 Å². The van der Waals surface area contributed by atoms with E-state index in [0.29, 0.717) is 13.1 Å². The summed E-state index contributed by atoms with van der Waals surface area (Å²) in [4.78, 5) is 15.5. The summed E-state index contributed by atoms with van der Waals surface area (Å²) in [6, 6.07) is 4.26. The maximum absolute atomic E-state index is 4.65. The summed E-state index contributed by atoms with van der Waals surface area (Å²) < 4.78 is 1.74. The molecule has 0 bridgehead atoms. The van der Waals surface area contributed by atoms with Crippen LogP contribution in [0.4, 0.5) is 5.82 Å². The van der Waals surface area contributed by atoms with Gasteiger partial charge in [0.2, 0.25) is 0 Å². The Hall–Kier alpha value is -1.91. The van der Waals surface area contributed by atoms with Gasteiger partial charge in [-0.3, -0.25) is 9.67 Å². The molecule has 1 aliphatic heterocycles. The van der Waals surface area contributed by atoms with Crippen LogP contribution in [0, 0.1) is 0 Å². The van der Waals surface area contributed by atoms with Crippen molar-refractivity contribution in [3.8, 4) is 0 Å². The molecule has 8 nitrogen and oxygen atoms in total. The number of nitrogens with zero attached hydrogens (tertiary/aromatic N) is 6. The highest BCUT2D eigenvalue weighted by molar-refractivity contribution is 14.0. The Kier molecular flexibility index (Phi) is 8.76. The van der Waals surface area contributed by atoms with Crippen LogP contribution >= 0.6 is 24.0 Å². The van der Waals surface area contributed by atoms with Gasteiger partial charge in [0.25, 0.3) is 0 Å². The van der Waals surface area contributed by atoms with Crippen LogP contribution in [0.2, 0.25) is 0 Å². The molecule has 2 N–H and O–H groups in total. The van der Waals surface area contributed by atoms with Crippen LogP contribution in [-0.2, 0) is 20.1 Å². The Labute approximate surface area is 177 Å². The van der Waals surface area contributed by atoms with Gasteiger partial charge in [-0.15, -0.1) is 24.0 Å². The third kappa shape index (κ3) is 6.33. The number of aromatic nitrogens is 4. The minimum absolute atomic E-state index is 0. The summed E-state index contributed by atoms with van der Waals surface area (Å²) in [5.74, 6) is 2.67. The number of nitrogens with one attached hydrogen (secondary N) is 2. The number of anilines is 1. The van der Waals surface area contributed by atoms with Gasteiger partial charge in [0.1, 0.15) is 18.0 Å². The normalized spacial score (nSPS) is 15.0. The molecule has 1 saturated heterocycles. The first kappa shape index (κ1) is 21.4. The van der Waals surface area contributed by atoms with Crippen molar-refractivity contribution in [3.05, 3.63) is 36.0 Å². The van der Waals surface area contributed by atoms with E-state index in [2.05, 4.69) is 47.7 Å². The second-order valence-electron chi connectivity index (χ2n) is 6.51. The van der Waals surface area contributed by atoms with Gasteiger partial charge in [-0.25, -0.2) is 9.97 Å². The van der Waals surface area contributed by atoms with Gasteiger partial charge < -0.3 is 15.5 Å². The van der Waals surface area contributed by atoms with Gasteiger partial charge in [0.15, 0.2) is 5.96 Å². The van der Waals surface area contributed by atoms with Crippen molar-refractivity contribution in [2.24, 2.45) is 12.0 Å². The topological polar surface area (TPSA) is 83.3 Å². The number of aryl methyl sites for hydroxylation is 1. The van der Waals surface area contributed by atoms with E-state index >= 15 is 0 Å². The predicted octanol–water partition coefficient (Wildman–Crippen LogP) is 2.07. The summed E-state index contributed by atoms with van der Waals surface area (Å²) in [5, 5.41) is 10.6. The Morgan fingerprint density at radius 2 is 1.81 bits per heavy atom. The molecular formula is C18H29IN8. The maximum atomic E-state index is 4.65. The van der Waals surface area contributed by atoms with Gasteiger partial charge in [0.05, 0.1) is 6.54 Å². The summed E-state index contributed by atoms with van der Waals surface area (Å²) in [6.45, 7) is 3.47. The first-order valence-corrected chi connectivity index (χ1v) is 9.23. The number of guanidine groups is 1. The van der Waals surface area contributed by atoms with Gasteiger partial charge in [-0.05, 0) is 24.5 Å². The molecule has 0 aliphatic carbocycles. The van der Waals surface area contributed by atoms with Crippen LogP contribution < -0.4 is 15.5 Å². The van der Waals surface area contributed by atoms with E-state index in [9.17, 15) is 0 Å². The van der Waals surface area contributed by atoms with Crippen LogP contribution in [0.25, 0.3) is 0 Å². The molecule has 0 aromatic carbocycles. The van der Waals surface area contributed by atoms with E-state index in [4.69, 9.17) is 0 Å². The second kappa shape index (κ2) is 11.1. The summed E-state index contributed by atoms with van der Waals surface area (Å²) in [7, 11) is 3.63. The molecule has 0 spiro atoms. The van der Waals surface area contributed by atoms with Gasteiger partial charge >= 0.3 is 0 Å². The lowest BCUT2D eigenvalue weighted by Crippen LogP contribution is -2.37. The van der Waals surface area contributed by atoms with Crippen molar-refractivity contribution in [2.75, 3.05) is 25.0 Å². The molecule has 0 saturated carbocycles. The van der Waals surface area contributed by atoms with Crippen molar-refractivity contribution in [3.63, 3.8) is 0 Å². The van der Waals surface area contributed by atoms with E-state index in [1.54, 1.807) is 18.1 Å². The fourth-order valence-corrected chi connectivity index (χ4v) is 3.06. The molecule has 27 heavy (non-hydrogen) atoms. The molecule has 9 heteroatoms. The Bertz CT molecular complexity index is 704. The Balaban J connectivity index is 0.00000261. The molecule has 3 heterocycles. The lowest BCUT2D eigenvalue weighted by Gasteiger charge is -2.21. The van der Waals surface area contributed by atoms with Crippen molar-refractivity contribution in [1.82, 2.24) is 30.4 Å². The first-order chi connectivity index (χ1) is 12.8. The smallest absolute Gasteiger partial charge is 0.191 e. The minimum atomic E-state index is 0. The fraction of sp³-hybridized carbons (Fsp3) is 0.556. The monoisotopic (exact) mass is 484 g/mol. The standard InChI is InChI=1S/C18H28N8.HI/c1-19-18(22-13-17-23-14-24-25(17)2)21-12-15-7-8-16(20-11-15)26-9-5-3-4-6-10-26;/h7-8,11,14H,3-6,9-10,12-13H2,1-2H3,(H2,19,21,22);1H. The highest BCUT2D eigenvalue weighted by Crippen LogP contribution is 2.17. The number of hydrogen-bond acceptors (Lipinski definition) is 5. The highest BCUT2D eigenvalue weighted by Gasteiger charge is 2.11. The zero-order valence-electron chi connectivity index (χ0n) is 16.1. The van der Waals surface area contributed by atoms with Crippen LogP contribution in [0.15, 0.2) is 29.6 Å². The SMILES string of the molecule is CN=C(NCc1ccc(N2CCCCCC2)nc1)NCc1ncnn1C.I. The number of pyridine rings is 1. The van der Waals surface area contributed by atoms with Crippen LogP contribution in [-0.4, -0.2) is 45.8 Å². The van der Waals surface area contributed by atoms with E-state index < -0.39 is 0 Å². The number of aliphatic imine (C=N–C) groups is 1. The molecule has 0 radical (unpaired) electrons. The number of hydrogen-bond donors (Lipinski definition) is 2. The van der Waals surface area contributed by atoms with E-state index in [1.165, 1.54) is 25.7 Å². The largest absolute Gasteiger partial charge is 0.357 e. The van der Waals surface area contributed by atoms with E-state index in [0.717, 1.165) is 36.3 Å². The quantitative estimate of drug-likeness (QED) is 0.384. The molecular weight excluding hydrogens is 455 g/mol. The zero-order chi connectivity index (χ0) is 18.2. The molecule has 148 valence electrons. The molecule has 2 aromatic rings. The molecule has 1 fully saturated rings. The van der Waals surface area contributed by atoms with E-state index in [-0.39, 0.29) is 24.0 Å². The van der Waals surface area contributed by atoms with Gasteiger partial charge in [-0.1, -0.05) is 18.9 Å². The van der Waals surface area contributed by atoms with Gasteiger partial charge in [0, 0.05) is 39.9 Å². The summed E-state index contributed by atoms with van der Waals surface area (Å²) in [6.07, 6.45) is 8.68. The third-order valence-electron chi connectivity index (χ3n) is 4.64. The first-order valence-electron chi connectivity index (χ1n) is 9.23. The Morgan fingerprint density at radius 1 is 1.07 bits per heavy atom. The second-order valence-corrected chi connectivity index (χ2v) is 6.51. The average Bonchev–Trinajstić information content (AvgIpc) is 2.91. The van der Waals surface area contributed by atoms with Crippen LogP contribution in [0.3, 0.4) is 0 Å². The fourth-order valence-electron chi connectivity index (χ4n) is 3.06. The highest BCUT2D eigenvalue weighted by atomic mass is 127. The molecule has 1 aliphatic rings. The number of halogens is 1. The maximum Gasteiger partial charge on any atom is 0.191 e. The van der Waals surface area contributed by atoms with Gasteiger partial charge in [-0.2, -0.15) is 5.10 Å². The predicted molar refractivity (Wildman–Crippen MR) is 118 cm³/mol. The average molecular weight is 484 g/mol. The van der Waals surface area contributed by atoms with Crippen molar-refractivity contribution >= 4 is 35.8 Å². The molecule has 2 aromatic heterocycles. The van der Waals surface area contributed by atoms with Crippen molar-refractivity contribution in [2.45, 2.75) is 38.8 Å². The molecule has 3 rings (SSSR count). The lowest BCUT2D eigenvalue weighted by molar-refractivity contribution is 0.672. The lowest BCUT2D eigenvalue weighted by atomic mass is 10.2.